The normalized spacial score (nSPS) is 11.3. The number of benzene rings is 1. The monoisotopic (exact) mass is 299 g/mol. The van der Waals surface area contributed by atoms with Crippen LogP contribution in [0.1, 0.15) is 18.5 Å². The van der Waals surface area contributed by atoms with Gasteiger partial charge in [-0.2, -0.15) is 5.26 Å². The number of amides is 2. The number of nitrogens with one attached hydrogen (secondary N) is 2. The van der Waals surface area contributed by atoms with E-state index in [1.165, 1.54) is 13.0 Å². The highest BCUT2D eigenvalue weighted by Gasteiger charge is 2.15. The van der Waals surface area contributed by atoms with E-state index in [1.54, 1.807) is 12.1 Å². The maximum Gasteiger partial charge on any atom is 0.240 e. The molecular formula is C12H11Cl2N3O2. The summed E-state index contributed by atoms with van der Waals surface area (Å²) >= 11 is 11.7. The Morgan fingerprint density at radius 2 is 1.89 bits per heavy atom. The van der Waals surface area contributed by atoms with Crippen LogP contribution in [0.3, 0.4) is 0 Å². The summed E-state index contributed by atoms with van der Waals surface area (Å²) < 4.78 is 0. The van der Waals surface area contributed by atoms with Gasteiger partial charge in [0.1, 0.15) is 6.04 Å². The fraction of sp³-hybridized carbons (Fsp3) is 0.250. The van der Waals surface area contributed by atoms with E-state index in [0.29, 0.717) is 15.6 Å². The predicted molar refractivity (Wildman–Crippen MR) is 71.6 cm³/mol. The van der Waals surface area contributed by atoms with E-state index in [9.17, 15) is 9.59 Å². The summed E-state index contributed by atoms with van der Waals surface area (Å²) in [6.07, 6.45) is 0. The molecule has 2 N–H and O–H groups in total. The van der Waals surface area contributed by atoms with Crippen LogP contribution in [-0.2, 0) is 9.59 Å². The highest BCUT2D eigenvalue weighted by molar-refractivity contribution is 6.34. The summed E-state index contributed by atoms with van der Waals surface area (Å²) in [6, 6.07) is 5.66. The molecule has 1 aromatic carbocycles. The maximum absolute atomic E-state index is 11.5. The van der Waals surface area contributed by atoms with Crippen LogP contribution in [0.5, 0.6) is 0 Å². The number of carbonyl (C=O) groups is 2. The van der Waals surface area contributed by atoms with Crippen molar-refractivity contribution in [3.8, 4) is 6.07 Å². The number of hydrogen-bond donors (Lipinski definition) is 2. The number of hydrogen-bond acceptors (Lipinski definition) is 3. The van der Waals surface area contributed by atoms with Gasteiger partial charge in [0.05, 0.1) is 12.6 Å². The van der Waals surface area contributed by atoms with Gasteiger partial charge >= 0.3 is 0 Å². The fourth-order valence-electron chi connectivity index (χ4n) is 1.35. The molecule has 0 aromatic heterocycles. The van der Waals surface area contributed by atoms with Gasteiger partial charge < -0.3 is 10.6 Å². The molecule has 0 aliphatic carbocycles. The standard InChI is InChI=1S/C12H11Cl2N3O2/c1-7(18)16-6-12(19)17-11(5-15)8-2-9(13)4-10(14)3-8/h2-4,11H,6H2,1H3,(H,16,18)(H,17,19)/t11-/m1/s1. The third-order valence-corrected chi connectivity index (χ3v) is 2.59. The van der Waals surface area contributed by atoms with Gasteiger partial charge in [-0.3, -0.25) is 9.59 Å². The molecule has 0 fully saturated rings. The lowest BCUT2D eigenvalue weighted by Gasteiger charge is -2.13. The predicted octanol–water partition coefficient (Wildman–Crippen LogP) is 1.81. The van der Waals surface area contributed by atoms with Crippen molar-refractivity contribution in [2.24, 2.45) is 0 Å². The number of carbonyl (C=O) groups excluding carboxylic acids is 2. The number of rotatable bonds is 4. The number of nitriles is 1. The fourth-order valence-corrected chi connectivity index (χ4v) is 1.89. The molecule has 0 radical (unpaired) electrons. The van der Waals surface area contributed by atoms with E-state index in [4.69, 9.17) is 28.5 Å². The molecule has 0 bridgehead atoms. The van der Waals surface area contributed by atoms with Gasteiger partial charge in [0.2, 0.25) is 11.8 Å². The van der Waals surface area contributed by atoms with Gasteiger partial charge in [0, 0.05) is 17.0 Å². The molecule has 2 amide bonds. The second-order valence-corrected chi connectivity index (χ2v) is 4.62. The summed E-state index contributed by atoms with van der Waals surface area (Å²) in [5.41, 5.74) is 0.483. The van der Waals surface area contributed by atoms with Crippen molar-refractivity contribution in [3.05, 3.63) is 33.8 Å². The first-order valence-corrected chi connectivity index (χ1v) is 6.07. The highest BCUT2D eigenvalue weighted by Crippen LogP contribution is 2.23. The molecule has 0 unspecified atom stereocenters. The molecule has 1 aromatic rings. The molecule has 0 saturated heterocycles. The van der Waals surface area contributed by atoms with Gasteiger partial charge in [0.15, 0.2) is 0 Å². The molecule has 1 rings (SSSR count). The van der Waals surface area contributed by atoms with E-state index in [0.717, 1.165) is 0 Å². The highest BCUT2D eigenvalue weighted by atomic mass is 35.5. The van der Waals surface area contributed by atoms with Crippen molar-refractivity contribution in [2.45, 2.75) is 13.0 Å². The van der Waals surface area contributed by atoms with Crippen LogP contribution >= 0.6 is 23.2 Å². The summed E-state index contributed by atoms with van der Waals surface area (Å²) in [6.45, 7) is 1.10. The van der Waals surface area contributed by atoms with Crippen LogP contribution in [0.4, 0.5) is 0 Å². The van der Waals surface area contributed by atoms with E-state index < -0.39 is 11.9 Å². The van der Waals surface area contributed by atoms with Crippen molar-refractivity contribution >= 4 is 35.0 Å². The Labute approximate surface area is 120 Å². The number of nitrogens with zero attached hydrogens (tertiary/aromatic N) is 1. The van der Waals surface area contributed by atoms with Crippen LogP contribution in [0.15, 0.2) is 18.2 Å². The average molecular weight is 300 g/mol. The minimum atomic E-state index is -0.877. The quantitative estimate of drug-likeness (QED) is 0.889. The Hall–Kier alpha value is -1.77. The molecule has 0 spiro atoms. The lowest BCUT2D eigenvalue weighted by atomic mass is 10.1. The third kappa shape index (κ3) is 5.16. The Balaban J connectivity index is 2.76. The van der Waals surface area contributed by atoms with Crippen molar-refractivity contribution < 1.29 is 9.59 Å². The first-order chi connectivity index (χ1) is 8.92. The molecule has 7 heteroatoms. The van der Waals surface area contributed by atoms with E-state index in [-0.39, 0.29) is 12.5 Å². The maximum atomic E-state index is 11.5. The van der Waals surface area contributed by atoms with Crippen LogP contribution in [0.2, 0.25) is 10.0 Å². The molecule has 5 nitrogen and oxygen atoms in total. The topological polar surface area (TPSA) is 82.0 Å². The van der Waals surface area contributed by atoms with Crippen molar-refractivity contribution in [1.82, 2.24) is 10.6 Å². The molecule has 1 atom stereocenters. The van der Waals surface area contributed by atoms with Crippen LogP contribution in [0, 0.1) is 11.3 Å². The van der Waals surface area contributed by atoms with E-state index in [1.807, 2.05) is 6.07 Å². The van der Waals surface area contributed by atoms with Gasteiger partial charge in [0.25, 0.3) is 0 Å². The van der Waals surface area contributed by atoms with Crippen molar-refractivity contribution in [1.29, 1.82) is 5.26 Å². The lowest BCUT2D eigenvalue weighted by Crippen LogP contribution is -2.37. The Morgan fingerprint density at radius 3 is 2.37 bits per heavy atom. The Bertz CT molecular complexity index is 520. The smallest absolute Gasteiger partial charge is 0.240 e. The first-order valence-electron chi connectivity index (χ1n) is 5.32. The molecule has 0 aliphatic heterocycles. The van der Waals surface area contributed by atoms with Crippen LogP contribution < -0.4 is 10.6 Å². The van der Waals surface area contributed by atoms with Crippen LogP contribution in [0.25, 0.3) is 0 Å². The van der Waals surface area contributed by atoms with Crippen molar-refractivity contribution in [2.75, 3.05) is 6.54 Å². The summed E-state index contributed by atoms with van der Waals surface area (Å²) in [5, 5.41) is 14.6. The Morgan fingerprint density at radius 1 is 1.32 bits per heavy atom. The minimum absolute atomic E-state index is 0.193. The zero-order valence-electron chi connectivity index (χ0n) is 10.0. The number of halogens is 2. The Kier molecular flexibility index (Phi) is 5.61. The third-order valence-electron chi connectivity index (χ3n) is 2.15. The second-order valence-electron chi connectivity index (χ2n) is 3.74. The molecular weight excluding hydrogens is 289 g/mol. The minimum Gasteiger partial charge on any atom is -0.347 e. The molecule has 0 saturated carbocycles. The first kappa shape index (κ1) is 15.3. The van der Waals surface area contributed by atoms with E-state index in [2.05, 4.69) is 10.6 Å². The summed E-state index contributed by atoms with van der Waals surface area (Å²) in [5.74, 6) is -0.799. The van der Waals surface area contributed by atoms with Gasteiger partial charge in [-0.15, -0.1) is 0 Å². The van der Waals surface area contributed by atoms with Gasteiger partial charge in [-0.05, 0) is 23.8 Å². The molecule has 0 heterocycles. The van der Waals surface area contributed by atoms with Crippen LogP contribution in [-0.4, -0.2) is 18.4 Å². The summed E-state index contributed by atoms with van der Waals surface area (Å²) in [4.78, 5) is 22.2. The van der Waals surface area contributed by atoms with E-state index >= 15 is 0 Å². The SMILES string of the molecule is CC(=O)NCC(=O)N[C@H](C#N)c1cc(Cl)cc(Cl)c1. The average Bonchev–Trinajstić information content (AvgIpc) is 2.32. The zero-order valence-corrected chi connectivity index (χ0v) is 11.5. The van der Waals surface area contributed by atoms with Gasteiger partial charge in [-0.25, -0.2) is 0 Å². The lowest BCUT2D eigenvalue weighted by molar-refractivity contribution is -0.125. The molecule has 100 valence electrons. The molecule has 19 heavy (non-hydrogen) atoms. The largest absolute Gasteiger partial charge is 0.347 e. The molecule has 0 aliphatic rings. The van der Waals surface area contributed by atoms with Crippen molar-refractivity contribution in [3.63, 3.8) is 0 Å². The summed E-state index contributed by atoms with van der Waals surface area (Å²) in [7, 11) is 0. The second kappa shape index (κ2) is 6.98. The van der Waals surface area contributed by atoms with Gasteiger partial charge in [-0.1, -0.05) is 23.2 Å². The zero-order chi connectivity index (χ0) is 14.4.